The standard InChI is InChI=1S/C18H27N3O3/c1-18(2,12-16(22)21-10-8-19-9-11-21)14-20-17(23)24-13-15-6-4-3-5-7-15/h3-7,19H,8-14H2,1-2H3,(H,20,23). The van der Waals surface area contributed by atoms with Gasteiger partial charge in [-0.2, -0.15) is 0 Å². The Hall–Kier alpha value is -2.08. The summed E-state index contributed by atoms with van der Waals surface area (Å²) >= 11 is 0. The van der Waals surface area contributed by atoms with Crippen LogP contribution in [0.1, 0.15) is 25.8 Å². The Kier molecular flexibility index (Phi) is 6.61. The number of hydrogen-bond acceptors (Lipinski definition) is 4. The molecule has 1 aromatic rings. The maximum absolute atomic E-state index is 12.3. The first-order chi connectivity index (χ1) is 11.5. The van der Waals surface area contributed by atoms with E-state index in [1.165, 1.54) is 0 Å². The lowest BCUT2D eigenvalue weighted by Crippen LogP contribution is -2.48. The van der Waals surface area contributed by atoms with E-state index >= 15 is 0 Å². The highest BCUT2D eigenvalue weighted by Crippen LogP contribution is 2.20. The van der Waals surface area contributed by atoms with Gasteiger partial charge in [-0.05, 0) is 11.0 Å². The fourth-order valence-corrected chi connectivity index (χ4v) is 2.58. The van der Waals surface area contributed by atoms with Crippen LogP contribution in [0.5, 0.6) is 0 Å². The van der Waals surface area contributed by atoms with Gasteiger partial charge in [0.2, 0.25) is 5.91 Å². The van der Waals surface area contributed by atoms with Crippen LogP contribution in [0.15, 0.2) is 30.3 Å². The maximum Gasteiger partial charge on any atom is 0.407 e. The summed E-state index contributed by atoms with van der Waals surface area (Å²) in [6, 6.07) is 9.54. The van der Waals surface area contributed by atoms with Crippen molar-refractivity contribution in [1.29, 1.82) is 0 Å². The van der Waals surface area contributed by atoms with Crippen LogP contribution in [0, 0.1) is 5.41 Å². The number of piperazine rings is 1. The molecule has 0 unspecified atom stereocenters. The molecule has 1 aromatic carbocycles. The Morgan fingerprint density at radius 3 is 2.54 bits per heavy atom. The van der Waals surface area contributed by atoms with Crippen LogP contribution in [0.25, 0.3) is 0 Å². The van der Waals surface area contributed by atoms with Crippen LogP contribution < -0.4 is 10.6 Å². The van der Waals surface area contributed by atoms with E-state index in [9.17, 15) is 9.59 Å². The van der Waals surface area contributed by atoms with Crippen LogP contribution in [0.4, 0.5) is 4.79 Å². The molecule has 0 saturated carbocycles. The minimum absolute atomic E-state index is 0.140. The number of amides is 2. The van der Waals surface area contributed by atoms with E-state index in [1.54, 1.807) is 0 Å². The molecular weight excluding hydrogens is 306 g/mol. The molecule has 132 valence electrons. The summed E-state index contributed by atoms with van der Waals surface area (Å²) in [5.41, 5.74) is 0.633. The number of ether oxygens (including phenoxy) is 1. The van der Waals surface area contributed by atoms with Gasteiger partial charge in [0.05, 0.1) is 0 Å². The largest absolute Gasteiger partial charge is 0.445 e. The molecule has 6 nitrogen and oxygen atoms in total. The Morgan fingerprint density at radius 1 is 1.21 bits per heavy atom. The Balaban J connectivity index is 1.70. The van der Waals surface area contributed by atoms with Gasteiger partial charge in [-0.3, -0.25) is 4.79 Å². The zero-order chi connectivity index (χ0) is 17.4. The summed E-state index contributed by atoms with van der Waals surface area (Å²) in [5.74, 6) is 0.140. The molecule has 1 aliphatic heterocycles. The predicted octanol–water partition coefficient (Wildman–Crippen LogP) is 1.76. The Labute approximate surface area is 143 Å². The highest BCUT2D eigenvalue weighted by atomic mass is 16.5. The SMILES string of the molecule is CC(C)(CNC(=O)OCc1ccccc1)CC(=O)N1CCNCC1. The summed E-state index contributed by atoms with van der Waals surface area (Å²) in [6.45, 7) is 7.79. The molecule has 0 aromatic heterocycles. The minimum atomic E-state index is -0.457. The topological polar surface area (TPSA) is 70.7 Å². The van der Waals surface area contributed by atoms with Crippen molar-refractivity contribution >= 4 is 12.0 Å². The molecule has 24 heavy (non-hydrogen) atoms. The highest BCUT2D eigenvalue weighted by Gasteiger charge is 2.26. The number of nitrogens with one attached hydrogen (secondary N) is 2. The van der Waals surface area contributed by atoms with Crippen molar-refractivity contribution in [3.05, 3.63) is 35.9 Å². The highest BCUT2D eigenvalue weighted by molar-refractivity contribution is 5.77. The summed E-state index contributed by atoms with van der Waals surface area (Å²) in [4.78, 5) is 26.0. The maximum atomic E-state index is 12.3. The fourth-order valence-electron chi connectivity index (χ4n) is 2.58. The zero-order valence-corrected chi connectivity index (χ0v) is 14.5. The molecule has 0 spiro atoms. The van der Waals surface area contributed by atoms with Gasteiger partial charge in [-0.15, -0.1) is 0 Å². The van der Waals surface area contributed by atoms with Gasteiger partial charge < -0.3 is 20.3 Å². The van der Waals surface area contributed by atoms with Crippen LogP contribution in [0.2, 0.25) is 0 Å². The average Bonchev–Trinajstić information content (AvgIpc) is 2.59. The third-order valence-electron chi connectivity index (χ3n) is 4.02. The minimum Gasteiger partial charge on any atom is -0.445 e. The van der Waals surface area contributed by atoms with Gasteiger partial charge >= 0.3 is 6.09 Å². The number of carbonyl (C=O) groups is 2. The van der Waals surface area contributed by atoms with Crippen molar-refractivity contribution in [2.75, 3.05) is 32.7 Å². The van der Waals surface area contributed by atoms with Gasteiger partial charge in [0, 0.05) is 39.1 Å². The molecule has 2 N–H and O–H groups in total. The molecule has 6 heteroatoms. The second-order valence-electron chi connectivity index (χ2n) is 6.89. The average molecular weight is 333 g/mol. The second-order valence-corrected chi connectivity index (χ2v) is 6.89. The Morgan fingerprint density at radius 2 is 1.88 bits per heavy atom. The molecule has 1 saturated heterocycles. The van der Waals surface area contributed by atoms with Crippen molar-refractivity contribution in [3.8, 4) is 0 Å². The molecule has 1 fully saturated rings. The number of rotatable bonds is 6. The summed E-state index contributed by atoms with van der Waals surface area (Å²) in [6.07, 6.45) is -0.0482. The van der Waals surface area contributed by atoms with E-state index in [2.05, 4.69) is 10.6 Å². The molecule has 2 rings (SSSR count). The van der Waals surface area contributed by atoms with Crippen molar-refractivity contribution in [3.63, 3.8) is 0 Å². The second kappa shape index (κ2) is 8.68. The zero-order valence-electron chi connectivity index (χ0n) is 14.5. The summed E-state index contributed by atoms with van der Waals surface area (Å²) < 4.78 is 5.19. The summed E-state index contributed by atoms with van der Waals surface area (Å²) in [7, 11) is 0. The predicted molar refractivity (Wildman–Crippen MR) is 92.5 cm³/mol. The molecule has 1 heterocycles. The van der Waals surface area contributed by atoms with E-state index in [0.717, 1.165) is 31.7 Å². The third kappa shape index (κ3) is 6.20. The van der Waals surface area contributed by atoms with E-state index < -0.39 is 6.09 Å². The van der Waals surface area contributed by atoms with Crippen LogP contribution in [0.3, 0.4) is 0 Å². The first-order valence-corrected chi connectivity index (χ1v) is 8.39. The molecule has 1 aliphatic rings. The summed E-state index contributed by atoms with van der Waals surface area (Å²) in [5, 5.41) is 5.99. The van der Waals surface area contributed by atoms with Crippen molar-refractivity contribution < 1.29 is 14.3 Å². The van der Waals surface area contributed by atoms with E-state index in [1.807, 2.05) is 49.1 Å². The number of benzene rings is 1. The van der Waals surface area contributed by atoms with Gasteiger partial charge in [-0.25, -0.2) is 4.79 Å². The van der Waals surface area contributed by atoms with Gasteiger partial charge in [-0.1, -0.05) is 44.2 Å². The third-order valence-corrected chi connectivity index (χ3v) is 4.02. The fraction of sp³-hybridized carbons (Fsp3) is 0.556. The lowest BCUT2D eigenvalue weighted by atomic mass is 9.88. The number of nitrogens with zero attached hydrogens (tertiary/aromatic N) is 1. The normalized spacial score (nSPS) is 15.0. The quantitative estimate of drug-likeness (QED) is 0.832. The molecule has 2 amide bonds. The first kappa shape index (κ1) is 18.3. The van der Waals surface area contributed by atoms with Gasteiger partial charge in [0.25, 0.3) is 0 Å². The van der Waals surface area contributed by atoms with E-state index in [4.69, 9.17) is 4.74 Å². The van der Waals surface area contributed by atoms with E-state index in [0.29, 0.717) is 13.0 Å². The van der Waals surface area contributed by atoms with Crippen LogP contribution in [-0.2, 0) is 16.1 Å². The molecular formula is C18H27N3O3. The molecule has 0 radical (unpaired) electrons. The Bertz CT molecular complexity index is 540. The molecule has 0 bridgehead atoms. The molecule has 0 atom stereocenters. The van der Waals surface area contributed by atoms with Gasteiger partial charge in [0.1, 0.15) is 6.61 Å². The lowest BCUT2D eigenvalue weighted by Gasteiger charge is -2.31. The van der Waals surface area contributed by atoms with Crippen LogP contribution >= 0.6 is 0 Å². The van der Waals surface area contributed by atoms with E-state index in [-0.39, 0.29) is 17.9 Å². The van der Waals surface area contributed by atoms with Crippen molar-refractivity contribution in [2.45, 2.75) is 26.9 Å². The van der Waals surface area contributed by atoms with Crippen LogP contribution in [-0.4, -0.2) is 49.6 Å². The monoisotopic (exact) mass is 333 g/mol. The smallest absolute Gasteiger partial charge is 0.407 e. The number of alkyl carbamates (subject to hydrolysis) is 1. The number of hydrogen-bond donors (Lipinski definition) is 2. The lowest BCUT2D eigenvalue weighted by molar-refractivity contribution is -0.133. The van der Waals surface area contributed by atoms with Gasteiger partial charge in [0.15, 0.2) is 0 Å². The number of carbonyl (C=O) groups excluding carboxylic acids is 2. The molecule has 0 aliphatic carbocycles. The first-order valence-electron chi connectivity index (χ1n) is 8.39. The van der Waals surface area contributed by atoms with Crippen molar-refractivity contribution in [2.24, 2.45) is 5.41 Å². The van der Waals surface area contributed by atoms with Crippen molar-refractivity contribution in [1.82, 2.24) is 15.5 Å².